The van der Waals surface area contributed by atoms with E-state index < -0.39 is 0 Å². The van der Waals surface area contributed by atoms with Crippen LogP contribution >= 0.6 is 0 Å². The Balaban J connectivity index is 2.03. The van der Waals surface area contributed by atoms with E-state index in [-0.39, 0.29) is 0 Å². The molecule has 0 radical (unpaired) electrons. The second-order valence-corrected chi connectivity index (χ2v) is 3.97. The van der Waals surface area contributed by atoms with Gasteiger partial charge in [-0.05, 0) is 13.8 Å². The number of hydrogen-bond acceptors (Lipinski definition) is 3. The predicted octanol–water partition coefficient (Wildman–Crippen LogP) is 0.0674. The molecule has 0 spiro atoms. The van der Waals surface area contributed by atoms with Crippen molar-refractivity contribution < 1.29 is 4.74 Å². The molecule has 0 amide bonds. The van der Waals surface area contributed by atoms with E-state index in [2.05, 4.69) is 24.1 Å². The lowest BCUT2D eigenvalue weighted by Gasteiger charge is -2.39. The SMILES string of the molecule is CC(C)N1CCO[C@@H]2CNC[C@H]21. The Morgan fingerprint density at radius 2 is 2.25 bits per heavy atom. The summed E-state index contributed by atoms with van der Waals surface area (Å²) in [4.78, 5) is 2.55. The van der Waals surface area contributed by atoms with Gasteiger partial charge in [-0.1, -0.05) is 0 Å². The van der Waals surface area contributed by atoms with Crippen molar-refractivity contribution >= 4 is 0 Å². The van der Waals surface area contributed by atoms with E-state index in [1.807, 2.05) is 0 Å². The molecule has 2 aliphatic heterocycles. The number of rotatable bonds is 1. The van der Waals surface area contributed by atoms with E-state index in [0.29, 0.717) is 18.2 Å². The van der Waals surface area contributed by atoms with Gasteiger partial charge < -0.3 is 10.1 Å². The number of nitrogens with zero attached hydrogens (tertiary/aromatic N) is 1. The van der Waals surface area contributed by atoms with Crippen LogP contribution in [0.15, 0.2) is 0 Å². The van der Waals surface area contributed by atoms with Gasteiger partial charge >= 0.3 is 0 Å². The molecule has 1 N–H and O–H groups in total. The summed E-state index contributed by atoms with van der Waals surface area (Å²) in [5, 5.41) is 3.38. The van der Waals surface area contributed by atoms with E-state index in [1.165, 1.54) is 0 Å². The van der Waals surface area contributed by atoms with Crippen LogP contribution in [0.5, 0.6) is 0 Å². The second kappa shape index (κ2) is 3.32. The standard InChI is InChI=1S/C9H18N2O/c1-7(2)11-3-4-12-9-6-10-5-8(9)11/h7-10H,3-6H2,1-2H3/t8-,9-/m1/s1. The van der Waals surface area contributed by atoms with Crippen LogP contribution in [0.25, 0.3) is 0 Å². The minimum atomic E-state index is 0.446. The minimum Gasteiger partial charge on any atom is -0.374 e. The van der Waals surface area contributed by atoms with Crippen molar-refractivity contribution in [2.75, 3.05) is 26.2 Å². The first kappa shape index (κ1) is 8.48. The first-order valence-corrected chi connectivity index (χ1v) is 4.87. The molecule has 2 heterocycles. The summed E-state index contributed by atoms with van der Waals surface area (Å²) in [5.41, 5.74) is 0. The third-order valence-electron chi connectivity index (χ3n) is 2.90. The highest BCUT2D eigenvalue weighted by Gasteiger charge is 2.36. The summed E-state index contributed by atoms with van der Waals surface area (Å²) in [6.07, 6.45) is 0.446. The largest absolute Gasteiger partial charge is 0.374 e. The van der Waals surface area contributed by atoms with Crippen LogP contribution in [0.4, 0.5) is 0 Å². The van der Waals surface area contributed by atoms with Gasteiger partial charge in [-0.25, -0.2) is 0 Å². The van der Waals surface area contributed by atoms with Gasteiger partial charge in [0.05, 0.1) is 12.7 Å². The highest BCUT2D eigenvalue weighted by atomic mass is 16.5. The maximum Gasteiger partial charge on any atom is 0.0867 e. The average Bonchev–Trinajstić information content (AvgIpc) is 2.49. The second-order valence-electron chi connectivity index (χ2n) is 3.97. The highest BCUT2D eigenvalue weighted by molar-refractivity contribution is 4.93. The summed E-state index contributed by atoms with van der Waals surface area (Å²) < 4.78 is 5.68. The van der Waals surface area contributed by atoms with Crippen LogP contribution in [-0.2, 0) is 4.74 Å². The van der Waals surface area contributed by atoms with E-state index >= 15 is 0 Å². The van der Waals surface area contributed by atoms with Crippen LogP contribution in [-0.4, -0.2) is 49.3 Å². The zero-order chi connectivity index (χ0) is 8.55. The van der Waals surface area contributed by atoms with Crippen molar-refractivity contribution in [3.05, 3.63) is 0 Å². The molecule has 3 heteroatoms. The predicted molar refractivity (Wildman–Crippen MR) is 48.2 cm³/mol. The first-order chi connectivity index (χ1) is 5.79. The normalized spacial score (nSPS) is 37.2. The Hall–Kier alpha value is -0.120. The lowest BCUT2D eigenvalue weighted by atomic mass is 10.1. The van der Waals surface area contributed by atoms with Crippen molar-refractivity contribution in [3.63, 3.8) is 0 Å². The molecular weight excluding hydrogens is 152 g/mol. The Morgan fingerprint density at radius 1 is 1.42 bits per heavy atom. The third kappa shape index (κ3) is 1.37. The van der Waals surface area contributed by atoms with Gasteiger partial charge in [0.25, 0.3) is 0 Å². The van der Waals surface area contributed by atoms with E-state index in [4.69, 9.17) is 4.74 Å². The average molecular weight is 170 g/mol. The van der Waals surface area contributed by atoms with Crippen molar-refractivity contribution in [2.45, 2.75) is 32.0 Å². The molecule has 0 bridgehead atoms. The molecule has 2 fully saturated rings. The fourth-order valence-electron chi connectivity index (χ4n) is 2.26. The zero-order valence-electron chi connectivity index (χ0n) is 7.92. The molecule has 2 rings (SSSR count). The Labute approximate surface area is 74.1 Å². The van der Waals surface area contributed by atoms with Gasteiger partial charge in [-0.3, -0.25) is 4.90 Å². The first-order valence-electron chi connectivity index (χ1n) is 4.87. The van der Waals surface area contributed by atoms with Crippen molar-refractivity contribution in [1.29, 1.82) is 0 Å². The van der Waals surface area contributed by atoms with Crippen LogP contribution in [0.3, 0.4) is 0 Å². The maximum atomic E-state index is 5.68. The number of fused-ring (bicyclic) bond motifs is 1. The van der Waals surface area contributed by atoms with Gasteiger partial charge in [-0.15, -0.1) is 0 Å². The number of morpholine rings is 1. The lowest BCUT2D eigenvalue weighted by Crippen LogP contribution is -2.53. The molecule has 0 aromatic carbocycles. The molecule has 12 heavy (non-hydrogen) atoms. The summed E-state index contributed by atoms with van der Waals surface area (Å²) in [6.45, 7) is 8.67. The minimum absolute atomic E-state index is 0.446. The molecule has 0 aromatic heterocycles. The van der Waals surface area contributed by atoms with E-state index in [0.717, 1.165) is 26.2 Å². The van der Waals surface area contributed by atoms with E-state index in [9.17, 15) is 0 Å². The third-order valence-corrected chi connectivity index (χ3v) is 2.90. The lowest BCUT2D eigenvalue weighted by molar-refractivity contribution is -0.0580. The molecule has 0 aromatic rings. The number of hydrogen-bond donors (Lipinski definition) is 1. The van der Waals surface area contributed by atoms with Crippen LogP contribution in [0.2, 0.25) is 0 Å². The quantitative estimate of drug-likeness (QED) is 0.602. The molecule has 2 atom stereocenters. The van der Waals surface area contributed by atoms with Gasteiger partial charge in [0.15, 0.2) is 0 Å². The topological polar surface area (TPSA) is 24.5 Å². The van der Waals surface area contributed by atoms with Crippen molar-refractivity contribution in [3.8, 4) is 0 Å². The Bertz CT molecular complexity index is 161. The van der Waals surface area contributed by atoms with Crippen molar-refractivity contribution in [1.82, 2.24) is 10.2 Å². The molecule has 70 valence electrons. The highest BCUT2D eigenvalue weighted by Crippen LogP contribution is 2.19. The number of nitrogens with one attached hydrogen (secondary N) is 1. The molecule has 3 nitrogen and oxygen atoms in total. The Kier molecular flexibility index (Phi) is 2.35. The monoisotopic (exact) mass is 170 g/mol. The molecule has 0 unspecified atom stereocenters. The van der Waals surface area contributed by atoms with Crippen LogP contribution in [0, 0.1) is 0 Å². The smallest absolute Gasteiger partial charge is 0.0867 e. The van der Waals surface area contributed by atoms with Gasteiger partial charge in [-0.2, -0.15) is 0 Å². The van der Waals surface area contributed by atoms with Crippen LogP contribution in [0.1, 0.15) is 13.8 Å². The fraction of sp³-hybridized carbons (Fsp3) is 1.00. The summed E-state index contributed by atoms with van der Waals surface area (Å²) >= 11 is 0. The fourth-order valence-corrected chi connectivity index (χ4v) is 2.26. The zero-order valence-corrected chi connectivity index (χ0v) is 7.92. The summed E-state index contributed by atoms with van der Waals surface area (Å²) in [5.74, 6) is 0. The van der Waals surface area contributed by atoms with Gasteiger partial charge in [0.1, 0.15) is 0 Å². The Morgan fingerprint density at radius 3 is 3.00 bits per heavy atom. The molecular formula is C9H18N2O. The molecule has 2 aliphatic rings. The number of ether oxygens (including phenoxy) is 1. The van der Waals surface area contributed by atoms with Gasteiger partial charge in [0, 0.05) is 31.7 Å². The molecule has 2 saturated heterocycles. The maximum absolute atomic E-state index is 5.68. The van der Waals surface area contributed by atoms with Crippen molar-refractivity contribution in [2.24, 2.45) is 0 Å². The summed E-state index contributed by atoms with van der Waals surface area (Å²) in [6, 6.07) is 1.28. The van der Waals surface area contributed by atoms with E-state index in [1.54, 1.807) is 0 Å². The molecule has 0 aliphatic carbocycles. The summed E-state index contributed by atoms with van der Waals surface area (Å²) in [7, 11) is 0. The van der Waals surface area contributed by atoms with Crippen LogP contribution < -0.4 is 5.32 Å². The van der Waals surface area contributed by atoms with Gasteiger partial charge in [0.2, 0.25) is 0 Å². The molecule has 0 saturated carbocycles.